The van der Waals surface area contributed by atoms with Crippen molar-refractivity contribution in [3.8, 4) is 0 Å². The van der Waals surface area contributed by atoms with Crippen LogP contribution in [-0.2, 0) is 25.9 Å². The number of nitrogens with one attached hydrogen (secondary N) is 1. The lowest BCUT2D eigenvalue weighted by Gasteiger charge is -2.09. The van der Waals surface area contributed by atoms with Gasteiger partial charge in [0, 0.05) is 11.5 Å². The van der Waals surface area contributed by atoms with Gasteiger partial charge in [0.05, 0.1) is 4.24 Å². The zero-order chi connectivity index (χ0) is 18.5. The number of carbonyl (C=O) groups excluding carboxylic acids is 2. The van der Waals surface area contributed by atoms with Crippen LogP contribution in [0.5, 0.6) is 0 Å². The fraction of sp³-hybridized carbons (Fsp3) is 0.200. The Morgan fingerprint density at radius 3 is 1.69 bits per heavy atom. The van der Waals surface area contributed by atoms with E-state index in [0.717, 1.165) is 11.1 Å². The minimum atomic E-state index is -0.613. The average Bonchev–Trinajstić information content (AvgIpc) is 2.97. The Balaban J connectivity index is 1.76. The summed E-state index contributed by atoms with van der Waals surface area (Å²) in [6, 6.07) is 16.4. The van der Waals surface area contributed by atoms with Gasteiger partial charge in [-0.15, -0.1) is 23.5 Å². The number of hydrogen-bond donors (Lipinski definition) is 1. The lowest BCUT2D eigenvalue weighted by Crippen LogP contribution is -2.13. The van der Waals surface area contributed by atoms with Gasteiger partial charge in [-0.2, -0.15) is 5.48 Å². The number of benzene rings is 2. The van der Waals surface area contributed by atoms with Gasteiger partial charge in [0.15, 0.2) is 0 Å². The van der Waals surface area contributed by atoms with Gasteiger partial charge >= 0.3 is 5.97 Å². The van der Waals surface area contributed by atoms with E-state index in [1.54, 1.807) is 0 Å². The molecule has 1 heterocycles. The molecule has 0 atom stereocenters. The summed E-state index contributed by atoms with van der Waals surface area (Å²) < 4.78 is 0.686. The summed E-state index contributed by atoms with van der Waals surface area (Å²) in [6.07, 6.45) is 0. The second-order valence-electron chi connectivity index (χ2n) is 6.03. The topological polar surface area (TPSA) is 55.4 Å². The van der Waals surface area contributed by atoms with Crippen molar-refractivity contribution >= 4 is 35.4 Å². The van der Waals surface area contributed by atoms with Crippen molar-refractivity contribution in [2.24, 2.45) is 0 Å². The third-order valence-electron chi connectivity index (χ3n) is 3.85. The predicted octanol–water partition coefficient (Wildman–Crippen LogP) is 4.27. The van der Waals surface area contributed by atoms with Crippen LogP contribution in [-0.4, -0.2) is 11.9 Å². The zero-order valence-electron chi connectivity index (χ0n) is 14.6. The molecule has 2 aromatic carbocycles. The summed E-state index contributed by atoms with van der Waals surface area (Å²) in [7, 11) is 0. The van der Waals surface area contributed by atoms with E-state index < -0.39 is 11.9 Å². The predicted molar refractivity (Wildman–Crippen MR) is 106 cm³/mol. The largest absolute Gasteiger partial charge is 0.370 e. The molecule has 1 fully saturated rings. The second-order valence-corrected chi connectivity index (χ2v) is 8.26. The first-order chi connectivity index (χ1) is 12.5. The Morgan fingerprint density at radius 2 is 1.31 bits per heavy atom. The molecule has 1 aliphatic heterocycles. The second kappa shape index (κ2) is 8.47. The monoisotopic (exact) mass is 385 g/mol. The summed E-state index contributed by atoms with van der Waals surface area (Å²) in [5.41, 5.74) is 6.91. The number of hydrogen-bond acceptors (Lipinski definition) is 5. The molecular formula is C20H19NO3S2. The van der Waals surface area contributed by atoms with Crippen molar-refractivity contribution in [3.05, 3.63) is 80.6 Å². The highest BCUT2D eigenvalue weighted by molar-refractivity contribution is 8.21. The molecule has 2 aromatic rings. The van der Waals surface area contributed by atoms with Crippen molar-refractivity contribution < 1.29 is 14.4 Å². The number of thioether (sulfide) groups is 2. The van der Waals surface area contributed by atoms with Crippen molar-refractivity contribution in [1.82, 2.24) is 5.48 Å². The lowest BCUT2D eigenvalue weighted by atomic mass is 10.2. The van der Waals surface area contributed by atoms with Crippen LogP contribution in [0.3, 0.4) is 0 Å². The molecule has 3 rings (SSSR count). The smallest absolute Gasteiger partial charge is 0.335 e. The highest BCUT2D eigenvalue weighted by atomic mass is 32.2. The van der Waals surface area contributed by atoms with E-state index in [4.69, 9.17) is 0 Å². The van der Waals surface area contributed by atoms with E-state index in [9.17, 15) is 9.59 Å². The van der Waals surface area contributed by atoms with Crippen molar-refractivity contribution in [3.63, 3.8) is 0 Å². The molecule has 0 radical (unpaired) electrons. The molecule has 0 bridgehead atoms. The molecule has 1 aliphatic rings. The molecule has 0 aromatic heterocycles. The van der Waals surface area contributed by atoms with Gasteiger partial charge in [-0.3, -0.25) is 4.79 Å². The highest BCUT2D eigenvalue weighted by Crippen LogP contribution is 2.37. The maximum absolute atomic E-state index is 12.0. The van der Waals surface area contributed by atoms with Gasteiger partial charge in [0.1, 0.15) is 5.57 Å². The fourth-order valence-electron chi connectivity index (χ4n) is 2.32. The van der Waals surface area contributed by atoms with Gasteiger partial charge in [-0.05, 0) is 25.0 Å². The molecule has 0 spiro atoms. The molecular weight excluding hydrogens is 366 g/mol. The Labute approximate surface area is 161 Å². The first kappa shape index (κ1) is 18.6. The summed E-state index contributed by atoms with van der Waals surface area (Å²) in [5, 5.41) is 0. The SMILES string of the molecule is Cc1ccc(CSC(SCc2ccc(C)cc2)=C2C(=O)NOC2=O)cc1. The van der Waals surface area contributed by atoms with Crippen molar-refractivity contribution in [1.29, 1.82) is 0 Å². The molecule has 4 nitrogen and oxygen atoms in total. The lowest BCUT2D eigenvalue weighted by molar-refractivity contribution is -0.143. The molecule has 26 heavy (non-hydrogen) atoms. The number of hydroxylamine groups is 1. The zero-order valence-corrected chi connectivity index (χ0v) is 16.2. The molecule has 134 valence electrons. The van der Waals surface area contributed by atoms with Crippen LogP contribution >= 0.6 is 23.5 Å². The normalized spacial score (nSPS) is 13.5. The van der Waals surface area contributed by atoms with Crippen molar-refractivity contribution in [2.45, 2.75) is 25.4 Å². The van der Waals surface area contributed by atoms with Gasteiger partial charge in [0.25, 0.3) is 5.91 Å². The molecule has 0 saturated carbocycles. The molecule has 6 heteroatoms. The first-order valence-corrected chi connectivity index (χ1v) is 10.1. The van der Waals surface area contributed by atoms with Crippen LogP contribution in [0.4, 0.5) is 0 Å². The summed E-state index contributed by atoms with van der Waals surface area (Å²) in [5.74, 6) is 0.275. The van der Waals surface area contributed by atoms with Crippen LogP contribution in [0.15, 0.2) is 58.3 Å². The first-order valence-electron chi connectivity index (χ1n) is 8.15. The van der Waals surface area contributed by atoms with Crippen LogP contribution in [0, 0.1) is 13.8 Å². The Bertz CT molecular complexity index is 773. The van der Waals surface area contributed by atoms with E-state index in [-0.39, 0.29) is 5.57 Å². The Morgan fingerprint density at radius 1 is 0.846 bits per heavy atom. The third-order valence-corrected chi connectivity index (χ3v) is 6.45. The third kappa shape index (κ3) is 4.71. The maximum Gasteiger partial charge on any atom is 0.370 e. The Hall–Kier alpha value is -2.18. The van der Waals surface area contributed by atoms with E-state index in [2.05, 4.69) is 58.8 Å². The molecule has 0 aliphatic carbocycles. The minimum Gasteiger partial charge on any atom is -0.335 e. The number of rotatable bonds is 6. The standard InChI is InChI=1S/C20H19NO3S2/c1-13-3-7-15(8-4-13)11-25-20(17-18(22)21-24-19(17)23)26-12-16-9-5-14(2)6-10-16/h3-10H,11-12H2,1-2H3,(H,21,22). The van der Waals surface area contributed by atoms with E-state index in [0.29, 0.717) is 15.7 Å². The van der Waals surface area contributed by atoms with Gasteiger partial charge < -0.3 is 4.84 Å². The molecule has 1 saturated heterocycles. The summed E-state index contributed by atoms with van der Waals surface area (Å²) in [6.45, 7) is 4.08. The van der Waals surface area contributed by atoms with Crippen LogP contribution in [0.2, 0.25) is 0 Å². The van der Waals surface area contributed by atoms with E-state index in [1.165, 1.54) is 34.7 Å². The van der Waals surface area contributed by atoms with Gasteiger partial charge in [0.2, 0.25) is 0 Å². The molecule has 0 unspecified atom stereocenters. The Kier molecular flexibility index (Phi) is 6.06. The molecule has 1 amide bonds. The molecule has 1 N–H and O–H groups in total. The number of aryl methyl sites for hydroxylation is 2. The fourth-order valence-corrected chi connectivity index (χ4v) is 4.62. The number of carbonyl (C=O) groups is 2. The minimum absolute atomic E-state index is 0.0965. The van der Waals surface area contributed by atoms with E-state index in [1.807, 2.05) is 13.8 Å². The van der Waals surface area contributed by atoms with Crippen LogP contribution < -0.4 is 5.48 Å². The highest BCUT2D eigenvalue weighted by Gasteiger charge is 2.32. The maximum atomic E-state index is 12.0. The van der Waals surface area contributed by atoms with Crippen LogP contribution in [0.25, 0.3) is 0 Å². The van der Waals surface area contributed by atoms with Gasteiger partial charge in [-0.25, -0.2) is 4.79 Å². The quantitative estimate of drug-likeness (QED) is 0.594. The van der Waals surface area contributed by atoms with Crippen LogP contribution in [0.1, 0.15) is 22.3 Å². The number of amides is 1. The summed E-state index contributed by atoms with van der Waals surface area (Å²) >= 11 is 2.98. The summed E-state index contributed by atoms with van der Waals surface area (Å²) in [4.78, 5) is 28.6. The van der Waals surface area contributed by atoms with Crippen molar-refractivity contribution in [2.75, 3.05) is 0 Å². The average molecular weight is 386 g/mol. The van der Waals surface area contributed by atoms with E-state index >= 15 is 0 Å². The van der Waals surface area contributed by atoms with Gasteiger partial charge in [-0.1, -0.05) is 59.7 Å².